The molecule has 162 valence electrons. The second-order valence-electron chi connectivity index (χ2n) is 9.01. The van der Waals surface area contributed by atoms with Gasteiger partial charge in [-0.2, -0.15) is 0 Å². The van der Waals surface area contributed by atoms with E-state index in [-0.39, 0.29) is 23.8 Å². The number of ether oxygens (including phenoxy) is 1. The first-order valence-electron chi connectivity index (χ1n) is 11.3. The quantitative estimate of drug-likeness (QED) is 0.719. The summed E-state index contributed by atoms with van der Waals surface area (Å²) in [4.78, 5) is 44.1. The van der Waals surface area contributed by atoms with Crippen molar-refractivity contribution in [3.8, 4) is 0 Å². The van der Waals surface area contributed by atoms with Gasteiger partial charge >= 0.3 is 6.03 Å². The molecule has 4 rings (SSSR count). The van der Waals surface area contributed by atoms with Crippen molar-refractivity contribution < 1.29 is 19.1 Å². The second kappa shape index (κ2) is 9.00. The summed E-state index contributed by atoms with van der Waals surface area (Å²) in [5, 5.41) is 3.03. The molecule has 1 unspecified atom stereocenters. The van der Waals surface area contributed by atoms with Crippen LogP contribution in [0, 0.1) is 5.92 Å². The molecule has 0 aromatic carbocycles. The van der Waals surface area contributed by atoms with Crippen molar-refractivity contribution in [2.24, 2.45) is 5.92 Å². The Hall–Kier alpha value is -1.67. The fourth-order valence-electron chi connectivity index (χ4n) is 5.28. The number of likely N-dealkylation sites (tertiary alicyclic amines) is 1. The molecule has 29 heavy (non-hydrogen) atoms. The van der Waals surface area contributed by atoms with Crippen LogP contribution in [0.2, 0.25) is 0 Å². The van der Waals surface area contributed by atoms with E-state index in [1.807, 2.05) is 4.90 Å². The summed E-state index contributed by atoms with van der Waals surface area (Å²) in [6, 6.07) is -0.266. The zero-order valence-corrected chi connectivity index (χ0v) is 17.4. The zero-order chi connectivity index (χ0) is 20.3. The standard InChI is InChI=1S/C21H34N4O4/c26-18(24-11-13-29-14-12-24)17-7-6-10-23(15-17)16-25-19(27)21(22-20(25)28)8-4-2-1-3-5-9-21/h17H,1-16H2,(H,22,28). The highest BCUT2D eigenvalue weighted by Gasteiger charge is 2.50. The highest BCUT2D eigenvalue weighted by atomic mass is 16.5. The molecule has 8 heteroatoms. The number of carbonyl (C=O) groups excluding carboxylic acids is 3. The van der Waals surface area contributed by atoms with E-state index in [4.69, 9.17) is 4.74 Å². The zero-order valence-electron chi connectivity index (χ0n) is 17.4. The van der Waals surface area contributed by atoms with Crippen molar-refractivity contribution >= 4 is 17.8 Å². The molecule has 3 heterocycles. The average molecular weight is 407 g/mol. The van der Waals surface area contributed by atoms with Crippen LogP contribution in [0.5, 0.6) is 0 Å². The Morgan fingerprint density at radius 2 is 1.69 bits per heavy atom. The van der Waals surface area contributed by atoms with Gasteiger partial charge in [0.25, 0.3) is 5.91 Å². The molecule has 8 nitrogen and oxygen atoms in total. The van der Waals surface area contributed by atoms with E-state index in [2.05, 4.69) is 10.2 Å². The van der Waals surface area contributed by atoms with Gasteiger partial charge in [0.05, 0.1) is 25.8 Å². The lowest BCUT2D eigenvalue weighted by molar-refractivity contribution is -0.142. The van der Waals surface area contributed by atoms with Crippen LogP contribution < -0.4 is 5.32 Å². The highest BCUT2D eigenvalue weighted by molar-refractivity contribution is 6.07. The van der Waals surface area contributed by atoms with Gasteiger partial charge in [0.15, 0.2) is 0 Å². The van der Waals surface area contributed by atoms with Gasteiger partial charge in [-0.05, 0) is 32.2 Å². The van der Waals surface area contributed by atoms with Crippen LogP contribution in [0.1, 0.15) is 57.8 Å². The Labute approximate surface area is 172 Å². The molecule has 1 N–H and O–H groups in total. The van der Waals surface area contributed by atoms with E-state index in [9.17, 15) is 14.4 Å². The van der Waals surface area contributed by atoms with E-state index in [1.165, 1.54) is 11.3 Å². The topological polar surface area (TPSA) is 82.2 Å². The number of imide groups is 1. The van der Waals surface area contributed by atoms with Crippen LogP contribution in [0.4, 0.5) is 4.79 Å². The first kappa shape index (κ1) is 20.6. The largest absolute Gasteiger partial charge is 0.378 e. The van der Waals surface area contributed by atoms with E-state index >= 15 is 0 Å². The lowest BCUT2D eigenvalue weighted by atomic mass is 9.84. The van der Waals surface area contributed by atoms with Crippen LogP contribution in [-0.4, -0.2) is 84.1 Å². The van der Waals surface area contributed by atoms with Crippen molar-refractivity contribution in [2.75, 3.05) is 46.1 Å². The Morgan fingerprint density at radius 3 is 2.41 bits per heavy atom. The van der Waals surface area contributed by atoms with Crippen molar-refractivity contribution in [1.82, 2.24) is 20.0 Å². The first-order valence-corrected chi connectivity index (χ1v) is 11.3. The molecule has 0 radical (unpaired) electrons. The predicted octanol–water partition coefficient (Wildman–Crippen LogP) is 1.55. The van der Waals surface area contributed by atoms with Gasteiger partial charge in [0, 0.05) is 19.6 Å². The van der Waals surface area contributed by atoms with Crippen LogP contribution in [-0.2, 0) is 14.3 Å². The molecule has 4 amide bonds. The van der Waals surface area contributed by atoms with Gasteiger partial charge in [-0.3, -0.25) is 14.5 Å². The number of urea groups is 1. The molecule has 1 spiro atoms. The van der Waals surface area contributed by atoms with E-state index in [0.29, 0.717) is 39.5 Å². The van der Waals surface area contributed by atoms with Crippen LogP contribution >= 0.6 is 0 Å². The number of morpholine rings is 1. The summed E-state index contributed by atoms with van der Waals surface area (Å²) in [5.41, 5.74) is -0.698. The second-order valence-corrected chi connectivity index (χ2v) is 9.01. The molecule has 3 aliphatic heterocycles. The molecular formula is C21H34N4O4. The number of rotatable bonds is 3. The van der Waals surface area contributed by atoms with E-state index in [0.717, 1.165) is 57.9 Å². The fourth-order valence-corrected chi connectivity index (χ4v) is 5.28. The van der Waals surface area contributed by atoms with Gasteiger partial charge in [0.1, 0.15) is 5.54 Å². The number of hydrogen-bond donors (Lipinski definition) is 1. The highest BCUT2D eigenvalue weighted by Crippen LogP contribution is 2.32. The third kappa shape index (κ3) is 4.43. The molecule has 0 aromatic heterocycles. The summed E-state index contributed by atoms with van der Waals surface area (Å²) >= 11 is 0. The molecular weight excluding hydrogens is 372 g/mol. The van der Waals surface area contributed by atoms with Gasteiger partial charge in [-0.1, -0.05) is 32.1 Å². The van der Waals surface area contributed by atoms with Gasteiger partial charge in [-0.15, -0.1) is 0 Å². The molecule has 0 bridgehead atoms. The number of hydrogen-bond acceptors (Lipinski definition) is 5. The maximum absolute atomic E-state index is 13.2. The first-order chi connectivity index (χ1) is 14.1. The Bertz CT molecular complexity index is 626. The fraction of sp³-hybridized carbons (Fsp3) is 0.857. The lowest BCUT2D eigenvalue weighted by Gasteiger charge is -2.37. The van der Waals surface area contributed by atoms with E-state index in [1.54, 1.807) is 0 Å². The smallest absolute Gasteiger partial charge is 0.326 e. The molecule has 1 atom stereocenters. The van der Waals surface area contributed by atoms with Crippen LogP contribution in [0.25, 0.3) is 0 Å². The van der Waals surface area contributed by atoms with Crippen molar-refractivity contribution in [2.45, 2.75) is 63.3 Å². The molecule has 3 saturated heterocycles. The third-order valence-electron chi connectivity index (χ3n) is 6.97. The number of nitrogens with zero attached hydrogens (tertiary/aromatic N) is 3. The minimum Gasteiger partial charge on any atom is -0.378 e. The predicted molar refractivity (Wildman–Crippen MR) is 107 cm³/mol. The van der Waals surface area contributed by atoms with Gasteiger partial charge in [-0.25, -0.2) is 9.69 Å². The monoisotopic (exact) mass is 406 g/mol. The average Bonchev–Trinajstić information content (AvgIpc) is 2.96. The number of carbonyl (C=O) groups is 3. The summed E-state index contributed by atoms with van der Waals surface area (Å²) in [5.74, 6) is 0.0655. The Morgan fingerprint density at radius 1 is 1.00 bits per heavy atom. The maximum Gasteiger partial charge on any atom is 0.326 e. The van der Waals surface area contributed by atoms with Crippen LogP contribution in [0.15, 0.2) is 0 Å². The normalized spacial score (nSPS) is 28.9. The van der Waals surface area contributed by atoms with Crippen LogP contribution in [0.3, 0.4) is 0 Å². The van der Waals surface area contributed by atoms with Crippen molar-refractivity contribution in [3.05, 3.63) is 0 Å². The van der Waals surface area contributed by atoms with E-state index < -0.39 is 5.54 Å². The molecule has 4 aliphatic rings. The van der Waals surface area contributed by atoms with Gasteiger partial charge in [0.2, 0.25) is 5.91 Å². The summed E-state index contributed by atoms with van der Waals surface area (Å²) in [6.45, 7) is 4.24. The SMILES string of the molecule is O=C(C1CCCN(CN2C(=O)NC3(CCCCCCC3)C2=O)C1)N1CCOCC1. The number of amides is 4. The Kier molecular flexibility index (Phi) is 6.39. The molecule has 1 aliphatic carbocycles. The molecule has 0 aromatic rings. The minimum absolute atomic E-state index is 0.0574. The Balaban J connectivity index is 1.37. The molecule has 4 fully saturated rings. The molecule has 1 saturated carbocycles. The number of piperidine rings is 1. The van der Waals surface area contributed by atoms with Crippen molar-refractivity contribution in [1.29, 1.82) is 0 Å². The number of nitrogens with one attached hydrogen (secondary N) is 1. The minimum atomic E-state index is -0.698. The van der Waals surface area contributed by atoms with Crippen molar-refractivity contribution in [3.63, 3.8) is 0 Å². The summed E-state index contributed by atoms with van der Waals surface area (Å²) < 4.78 is 5.35. The summed E-state index contributed by atoms with van der Waals surface area (Å²) in [6.07, 6.45) is 8.71. The van der Waals surface area contributed by atoms with Gasteiger partial charge < -0.3 is 15.0 Å². The summed E-state index contributed by atoms with van der Waals surface area (Å²) in [7, 11) is 0. The third-order valence-corrected chi connectivity index (χ3v) is 6.97. The maximum atomic E-state index is 13.2. The lowest BCUT2D eigenvalue weighted by Crippen LogP contribution is -2.51.